The number of carbonyl (C=O) groups excluding carboxylic acids is 1. The van der Waals surface area contributed by atoms with Crippen molar-refractivity contribution in [1.82, 2.24) is 10.6 Å². The van der Waals surface area contributed by atoms with Gasteiger partial charge in [0.25, 0.3) is 5.91 Å². The van der Waals surface area contributed by atoms with Crippen LogP contribution >= 0.6 is 47.2 Å². The maximum absolute atomic E-state index is 12.1. The third kappa shape index (κ3) is 6.66. The molecule has 1 amide bonds. The van der Waals surface area contributed by atoms with E-state index in [1.807, 2.05) is 0 Å². The molecule has 5 nitrogen and oxygen atoms in total. The largest absolute Gasteiger partial charge is 0.482 e. The minimum atomic E-state index is -0.217. The van der Waals surface area contributed by atoms with Crippen molar-refractivity contribution in [2.45, 2.75) is 12.8 Å². The molecule has 0 unspecified atom stereocenters. The van der Waals surface area contributed by atoms with E-state index in [0.717, 1.165) is 25.9 Å². The van der Waals surface area contributed by atoms with Gasteiger partial charge >= 0.3 is 0 Å². The number of piperidine rings is 1. The molecular weight excluding hydrogens is 410 g/mol. The fourth-order valence-electron chi connectivity index (χ4n) is 2.73. The Labute approximate surface area is 169 Å². The fraction of sp³-hybridized carbons (Fsp3) is 0.562. The molecule has 1 saturated heterocycles. The SMILES string of the molecule is COCC1(CNC(=O)COc2cc(Cl)c(Cl)cc2Cl)CCNCC1.Cl. The summed E-state index contributed by atoms with van der Waals surface area (Å²) in [6, 6.07) is 2.99. The highest BCUT2D eigenvalue weighted by Crippen LogP contribution is 2.33. The van der Waals surface area contributed by atoms with Gasteiger partial charge in [0, 0.05) is 25.1 Å². The van der Waals surface area contributed by atoms with Crippen LogP contribution in [0, 0.1) is 5.41 Å². The predicted molar refractivity (Wildman–Crippen MR) is 104 cm³/mol. The summed E-state index contributed by atoms with van der Waals surface area (Å²) in [5.41, 5.74) is -0.0309. The van der Waals surface area contributed by atoms with Crippen LogP contribution in [-0.4, -0.2) is 45.9 Å². The molecule has 0 atom stereocenters. The topological polar surface area (TPSA) is 59.6 Å². The number of halogens is 4. The molecule has 0 bridgehead atoms. The van der Waals surface area contributed by atoms with Gasteiger partial charge in [-0.05, 0) is 32.0 Å². The molecule has 0 radical (unpaired) electrons. The number of hydrogen-bond acceptors (Lipinski definition) is 4. The highest BCUT2D eigenvalue weighted by atomic mass is 35.5. The maximum Gasteiger partial charge on any atom is 0.257 e. The molecule has 1 fully saturated rings. The van der Waals surface area contributed by atoms with E-state index in [1.165, 1.54) is 12.1 Å². The molecule has 0 saturated carbocycles. The Morgan fingerprint density at radius 2 is 1.84 bits per heavy atom. The van der Waals surface area contributed by atoms with Gasteiger partial charge in [-0.3, -0.25) is 4.79 Å². The zero-order valence-electron chi connectivity index (χ0n) is 13.9. The Morgan fingerprint density at radius 1 is 1.20 bits per heavy atom. The summed E-state index contributed by atoms with van der Waals surface area (Å²) in [6.07, 6.45) is 1.92. The number of ether oxygens (including phenoxy) is 2. The summed E-state index contributed by atoms with van der Waals surface area (Å²) in [7, 11) is 1.68. The quantitative estimate of drug-likeness (QED) is 0.647. The highest BCUT2D eigenvalue weighted by molar-refractivity contribution is 6.43. The van der Waals surface area contributed by atoms with Crippen molar-refractivity contribution in [2.75, 3.05) is 40.0 Å². The average Bonchev–Trinajstić information content (AvgIpc) is 2.56. The molecule has 0 spiro atoms. The minimum absolute atomic E-state index is 0. The smallest absolute Gasteiger partial charge is 0.257 e. The lowest BCUT2D eigenvalue weighted by Crippen LogP contribution is -2.47. The van der Waals surface area contributed by atoms with Crippen LogP contribution in [0.4, 0.5) is 0 Å². The van der Waals surface area contributed by atoms with Gasteiger partial charge in [0.2, 0.25) is 0 Å². The van der Waals surface area contributed by atoms with Gasteiger partial charge in [0.05, 0.1) is 21.7 Å². The fourth-order valence-corrected chi connectivity index (χ4v) is 3.32. The first-order valence-electron chi connectivity index (χ1n) is 7.69. The highest BCUT2D eigenvalue weighted by Gasteiger charge is 2.32. The van der Waals surface area contributed by atoms with Crippen molar-refractivity contribution in [2.24, 2.45) is 5.41 Å². The van der Waals surface area contributed by atoms with Gasteiger partial charge in [-0.15, -0.1) is 12.4 Å². The molecule has 25 heavy (non-hydrogen) atoms. The van der Waals surface area contributed by atoms with E-state index >= 15 is 0 Å². The molecule has 1 aromatic carbocycles. The van der Waals surface area contributed by atoms with E-state index in [-0.39, 0.29) is 30.3 Å². The van der Waals surface area contributed by atoms with Crippen molar-refractivity contribution in [3.8, 4) is 5.75 Å². The number of hydrogen-bond donors (Lipinski definition) is 2. The Morgan fingerprint density at radius 3 is 2.48 bits per heavy atom. The van der Waals surface area contributed by atoms with Crippen molar-refractivity contribution >= 4 is 53.1 Å². The molecule has 0 aliphatic carbocycles. The standard InChI is InChI=1S/C16H21Cl3N2O3.ClH/c1-23-10-16(2-4-20-5-3-16)9-21-15(22)8-24-14-7-12(18)11(17)6-13(14)19;/h6-7,20H,2-5,8-10H2,1H3,(H,21,22);1H. The second kappa shape index (κ2) is 10.7. The van der Waals surface area contributed by atoms with Crippen molar-refractivity contribution in [1.29, 1.82) is 0 Å². The first kappa shape index (κ1) is 22.6. The first-order valence-corrected chi connectivity index (χ1v) is 8.83. The van der Waals surface area contributed by atoms with Gasteiger partial charge in [0.15, 0.2) is 6.61 Å². The molecule has 1 aromatic rings. The molecule has 142 valence electrons. The average molecular weight is 432 g/mol. The first-order chi connectivity index (χ1) is 11.5. The van der Waals surface area contributed by atoms with Gasteiger partial charge < -0.3 is 20.1 Å². The number of nitrogens with one attached hydrogen (secondary N) is 2. The van der Waals surface area contributed by atoms with E-state index < -0.39 is 0 Å². The number of carbonyl (C=O) groups is 1. The van der Waals surface area contributed by atoms with E-state index in [1.54, 1.807) is 7.11 Å². The zero-order chi connectivity index (χ0) is 17.6. The third-order valence-electron chi connectivity index (χ3n) is 4.11. The number of benzene rings is 1. The second-order valence-corrected chi connectivity index (χ2v) is 7.17. The van der Waals surface area contributed by atoms with Crippen LogP contribution in [0.25, 0.3) is 0 Å². The molecule has 2 N–H and O–H groups in total. The van der Waals surface area contributed by atoms with Gasteiger partial charge in [-0.2, -0.15) is 0 Å². The normalized spacial score (nSPS) is 16.0. The van der Waals surface area contributed by atoms with Gasteiger partial charge in [-0.1, -0.05) is 34.8 Å². The Balaban J connectivity index is 0.00000312. The summed E-state index contributed by atoms with van der Waals surface area (Å²) in [5, 5.41) is 7.21. The Bertz CT molecular complexity index is 575. The third-order valence-corrected chi connectivity index (χ3v) is 5.13. The Kier molecular flexibility index (Phi) is 9.64. The molecule has 2 rings (SSSR count). The van der Waals surface area contributed by atoms with Crippen molar-refractivity contribution in [3.05, 3.63) is 27.2 Å². The van der Waals surface area contributed by atoms with E-state index in [9.17, 15) is 4.79 Å². The van der Waals surface area contributed by atoms with Crippen LogP contribution < -0.4 is 15.4 Å². The van der Waals surface area contributed by atoms with Crippen molar-refractivity contribution < 1.29 is 14.3 Å². The van der Waals surface area contributed by atoms with Crippen LogP contribution in [0.3, 0.4) is 0 Å². The van der Waals surface area contributed by atoms with Crippen LogP contribution in [-0.2, 0) is 9.53 Å². The number of amides is 1. The second-order valence-electron chi connectivity index (χ2n) is 5.95. The van der Waals surface area contributed by atoms with Gasteiger partial charge in [-0.25, -0.2) is 0 Å². The molecule has 1 heterocycles. The van der Waals surface area contributed by atoms with Crippen LogP contribution in [0.1, 0.15) is 12.8 Å². The Hall–Kier alpha value is -0.430. The monoisotopic (exact) mass is 430 g/mol. The van der Waals surface area contributed by atoms with Crippen LogP contribution in [0.15, 0.2) is 12.1 Å². The lowest BCUT2D eigenvalue weighted by atomic mass is 9.79. The predicted octanol–water partition coefficient (Wildman–Crippen LogP) is 3.58. The number of methoxy groups -OCH3 is 1. The summed E-state index contributed by atoms with van der Waals surface area (Å²) in [6.45, 7) is 2.89. The summed E-state index contributed by atoms with van der Waals surface area (Å²) >= 11 is 17.8. The molecule has 9 heteroatoms. The lowest BCUT2D eigenvalue weighted by molar-refractivity contribution is -0.124. The van der Waals surface area contributed by atoms with E-state index in [0.29, 0.717) is 34.0 Å². The lowest BCUT2D eigenvalue weighted by Gasteiger charge is -2.37. The minimum Gasteiger partial charge on any atom is -0.482 e. The van der Waals surface area contributed by atoms with Crippen LogP contribution in [0.2, 0.25) is 15.1 Å². The summed E-state index contributed by atoms with van der Waals surface area (Å²) < 4.78 is 10.8. The maximum atomic E-state index is 12.1. The summed E-state index contributed by atoms with van der Waals surface area (Å²) in [5.74, 6) is 0.112. The zero-order valence-corrected chi connectivity index (χ0v) is 17.0. The molecular formula is C16H22Cl4N2O3. The van der Waals surface area contributed by atoms with Crippen molar-refractivity contribution in [3.63, 3.8) is 0 Å². The molecule has 1 aliphatic rings. The number of rotatable bonds is 7. The molecule has 1 aliphatic heterocycles. The molecule has 0 aromatic heterocycles. The van der Waals surface area contributed by atoms with E-state index in [2.05, 4.69) is 10.6 Å². The summed E-state index contributed by atoms with van der Waals surface area (Å²) in [4.78, 5) is 12.1. The van der Waals surface area contributed by atoms with Gasteiger partial charge in [0.1, 0.15) is 5.75 Å². The van der Waals surface area contributed by atoms with E-state index in [4.69, 9.17) is 44.3 Å². The van der Waals surface area contributed by atoms with Crippen LogP contribution in [0.5, 0.6) is 5.75 Å².